The zero-order chi connectivity index (χ0) is 25.5. The second-order valence-electron chi connectivity index (χ2n) is 10.0. The molecule has 4 rings (SSSR count). The Balaban J connectivity index is 1.32. The van der Waals surface area contributed by atoms with E-state index in [1.807, 2.05) is 20.8 Å². The lowest BCUT2D eigenvalue weighted by molar-refractivity contribution is -0.137. The van der Waals surface area contributed by atoms with Crippen LogP contribution in [0.15, 0.2) is 24.3 Å². The van der Waals surface area contributed by atoms with Crippen molar-refractivity contribution in [2.45, 2.75) is 58.7 Å². The van der Waals surface area contributed by atoms with E-state index in [1.165, 1.54) is 12.1 Å². The van der Waals surface area contributed by atoms with Crippen LogP contribution in [0, 0.1) is 20.8 Å². The summed E-state index contributed by atoms with van der Waals surface area (Å²) in [6.07, 6.45) is -1.83. The zero-order valence-corrected chi connectivity index (χ0v) is 20.8. The molecule has 1 saturated heterocycles. The number of halogens is 3. The van der Waals surface area contributed by atoms with Crippen LogP contribution in [-0.4, -0.2) is 59.1 Å². The molecule has 0 spiro atoms. The molecular weight excluding hydrogens is 457 g/mol. The first-order chi connectivity index (χ1) is 16.4. The van der Waals surface area contributed by atoms with Crippen molar-refractivity contribution < 1.29 is 27.8 Å². The highest BCUT2D eigenvalue weighted by atomic mass is 19.4. The molecule has 35 heavy (non-hydrogen) atoms. The van der Waals surface area contributed by atoms with Gasteiger partial charge in [0.1, 0.15) is 17.1 Å². The minimum Gasteiger partial charge on any atom is -0.507 e. The molecule has 190 valence electrons. The van der Waals surface area contributed by atoms with Gasteiger partial charge in [-0.2, -0.15) is 13.2 Å². The van der Waals surface area contributed by atoms with Crippen molar-refractivity contribution in [3.63, 3.8) is 0 Å². The molecule has 2 aromatic rings. The Labute approximate surface area is 204 Å². The number of hydrogen-bond donors (Lipinski definition) is 1. The van der Waals surface area contributed by atoms with Gasteiger partial charge < -0.3 is 14.7 Å². The maximum absolute atomic E-state index is 12.8. The first-order valence-electron chi connectivity index (χ1n) is 12.1. The van der Waals surface area contributed by atoms with Crippen LogP contribution < -0.4 is 4.74 Å². The third-order valence-electron chi connectivity index (χ3n) is 7.67. The van der Waals surface area contributed by atoms with Crippen LogP contribution >= 0.6 is 0 Å². The Morgan fingerprint density at radius 2 is 1.66 bits per heavy atom. The first-order valence-corrected chi connectivity index (χ1v) is 12.1. The predicted molar refractivity (Wildman–Crippen MR) is 128 cm³/mol. The number of carbonyl (C=O) groups is 1. The number of benzene rings is 2. The highest BCUT2D eigenvalue weighted by molar-refractivity contribution is 5.94. The van der Waals surface area contributed by atoms with Gasteiger partial charge in [0.05, 0.1) is 5.56 Å². The number of phenols is 1. The van der Waals surface area contributed by atoms with Gasteiger partial charge in [0.15, 0.2) is 0 Å². The summed E-state index contributed by atoms with van der Waals surface area (Å²) in [5.74, 6) is 1.03. The molecule has 2 aromatic carbocycles. The smallest absolute Gasteiger partial charge is 0.416 e. The molecule has 0 aliphatic carbocycles. The molecule has 0 saturated carbocycles. The molecule has 8 heteroatoms. The van der Waals surface area contributed by atoms with E-state index in [0.29, 0.717) is 31.9 Å². The van der Waals surface area contributed by atoms with E-state index in [1.54, 1.807) is 4.90 Å². The van der Waals surface area contributed by atoms with Gasteiger partial charge in [0.2, 0.25) is 0 Å². The fourth-order valence-corrected chi connectivity index (χ4v) is 5.02. The maximum atomic E-state index is 12.8. The lowest BCUT2D eigenvalue weighted by Gasteiger charge is -2.40. The quantitative estimate of drug-likeness (QED) is 0.635. The lowest BCUT2D eigenvalue weighted by atomic mass is 9.85. The molecule has 1 N–H and O–H groups in total. The Bertz CT molecular complexity index is 1110. The van der Waals surface area contributed by atoms with E-state index in [0.717, 1.165) is 65.9 Å². The lowest BCUT2D eigenvalue weighted by Crippen LogP contribution is -2.50. The average Bonchev–Trinajstić information content (AvgIpc) is 2.84. The van der Waals surface area contributed by atoms with Crippen molar-refractivity contribution >= 4 is 5.91 Å². The van der Waals surface area contributed by atoms with Crippen molar-refractivity contribution in [2.75, 3.05) is 32.7 Å². The minimum absolute atomic E-state index is 0.234. The molecular formula is C27H33F3N2O3. The van der Waals surface area contributed by atoms with Gasteiger partial charge in [-0.3, -0.25) is 9.69 Å². The van der Waals surface area contributed by atoms with E-state index < -0.39 is 11.7 Å². The van der Waals surface area contributed by atoms with Crippen LogP contribution in [0.2, 0.25) is 0 Å². The van der Waals surface area contributed by atoms with E-state index in [2.05, 4.69) is 11.8 Å². The summed E-state index contributed by atoms with van der Waals surface area (Å²) in [4.78, 5) is 16.7. The van der Waals surface area contributed by atoms with Crippen molar-refractivity contribution in [1.82, 2.24) is 9.80 Å². The standard InChI is InChI=1S/C27H33F3N2O3/c1-17-18(2)24-22(19(3)23(17)33)9-10-26(4,35-24)11-12-31-13-15-32(16-14-31)25(34)20-5-7-21(8-6-20)27(28,29)30/h5-8,33H,9-16H2,1-4H3. The number of carbonyl (C=O) groups excluding carboxylic acids is 1. The summed E-state index contributed by atoms with van der Waals surface area (Å²) in [5.41, 5.74) is 3.07. The number of phenolic OH excluding ortho intramolecular Hbond substituents is 1. The number of piperazine rings is 1. The van der Waals surface area contributed by atoms with Gasteiger partial charge in [-0.15, -0.1) is 0 Å². The maximum Gasteiger partial charge on any atom is 0.416 e. The van der Waals surface area contributed by atoms with Gasteiger partial charge in [0.25, 0.3) is 5.91 Å². The Hall–Kier alpha value is -2.74. The van der Waals surface area contributed by atoms with E-state index in [9.17, 15) is 23.1 Å². The van der Waals surface area contributed by atoms with Crippen LogP contribution in [0.5, 0.6) is 11.5 Å². The summed E-state index contributed by atoms with van der Waals surface area (Å²) in [7, 11) is 0. The molecule has 1 amide bonds. The molecule has 0 bridgehead atoms. The monoisotopic (exact) mass is 490 g/mol. The molecule has 2 heterocycles. The number of alkyl halides is 3. The second-order valence-corrected chi connectivity index (χ2v) is 10.0. The fourth-order valence-electron chi connectivity index (χ4n) is 5.02. The van der Waals surface area contributed by atoms with Gasteiger partial charge in [-0.1, -0.05) is 0 Å². The van der Waals surface area contributed by atoms with Crippen molar-refractivity contribution in [1.29, 1.82) is 0 Å². The molecule has 2 aliphatic rings. The second kappa shape index (κ2) is 9.37. The number of aromatic hydroxyl groups is 1. The van der Waals surface area contributed by atoms with Gasteiger partial charge >= 0.3 is 6.18 Å². The summed E-state index contributed by atoms with van der Waals surface area (Å²) in [6.45, 7) is 11.3. The van der Waals surface area contributed by atoms with Gasteiger partial charge in [0, 0.05) is 43.9 Å². The zero-order valence-electron chi connectivity index (χ0n) is 20.8. The van der Waals surface area contributed by atoms with Gasteiger partial charge in [-0.25, -0.2) is 0 Å². The summed E-state index contributed by atoms with van der Waals surface area (Å²) >= 11 is 0. The highest BCUT2D eigenvalue weighted by Crippen LogP contribution is 2.44. The normalized spacial score (nSPS) is 20.9. The summed E-state index contributed by atoms with van der Waals surface area (Å²) in [6, 6.07) is 4.42. The number of rotatable bonds is 4. The van der Waals surface area contributed by atoms with Crippen molar-refractivity contribution in [3.8, 4) is 11.5 Å². The topological polar surface area (TPSA) is 53.0 Å². The van der Waals surface area contributed by atoms with E-state index in [4.69, 9.17) is 4.74 Å². The van der Waals surface area contributed by atoms with E-state index in [-0.39, 0.29) is 17.1 Å². The number of nitrogens with zero attached hydrogens (tertiary/aromatic N) is 2. The minimum atomic E-state index is -4.41. The molecule has 0 radical (unpaired) electrons. The van der Waals surface area contributed by atoms with Crippen LogP contribution in [0.4, 0.5) is 13.2 Å². The summed E-state index contributed by atoms with van der Waals surface area (Å²) < 4.78 is 44.9. The van der Waals surface area contributed by atoms with Crippen LogP contribution in [0.1, 0.15) is 57.9 Å². The van der Waals surface area contributed by atoms with Crippen LogP contribution in [-0.2, 0) is 12.6 Å². The number of fused-ring (bicyclic) bond motifs is 1. The SMILES string of the molecule is Cc1c(C)c2c(c(C)c1O)CCC(C)(CCN1CCN(C(=O)c3ccc(C(F)(F)F)cc3)CC1)O2. The molecule has 1 unspecified atom stereocenters. The van der Waals surface area contributed by atoms with Crippen molar-refractivity contribution in [3.05, 3.63) is 57.6 Å². The van der Waals surface area contributed by atoms with Gasteiger partial charge in [-0.05, 0) is 87.9 Å². The Morgan fingerprint density at radius 1 is 1.03 bits per heavy atom. The average molecular weight is 491 g/mol. The molecule has 2 aliphatic heterocycles. The molecule has 0 aromatic heterocycles. The number of amides is 1. The molecule has 1 fully saturated rings. The van der Waals surface area contributed by atoms with Crippen LogP contribution in [0.3, 0.4) is 0 Å². The number of ether oxygens (including phenoxy) is 1. The largest absolute Gasteiger partial charge is 0.507 e. The number of hydrogen-bond acceptors (Lipinski definition) is 4. The highest BCUT2D eigenvalue weighted by Gasteiger charge is 2.35. The third kappa shape index (κ3) is 5.13. The third-order valence-corrected chi connectivity index (χ3v) is 7.67. The fraction of sp³-hybridized carbons (Fsp3) is 0.519. The molecule has 5 nitrogen and oxygen atoms in total. The Morgan fingerprint density at radius 3 is 2.26 bits per heavy atom. The summed E-state index contributed by atoms with van der Waals surface area (Å²) in [5, 5.41) is 10.4. The predicted octanol–water partition coefficient (Wildman–Crippen LogP) is 5.27. The first kappa shape index (κ1) is 25.4. The van der Waals surface area contributed by atoms with Crippen molar-refractivity contribution in [2.24, 2.45) is 0 Å². The molecule has 1 atom stereocenters. The van der Waals surface area contributed by atoms with Crippen LogP contribution in [0.25, 0.3) is 0 Å². The Kier molecular flexibility index (Phi) is 6.79. The van der Waals surface area contributed by atoms with E-state index >= 15 is 0 Å².